The van der Waals surface area contributed by atoms with Crippen LogP contribution in [0.5, 0.6) is 0 Å². The average molecular weight is 310 g/mol. The van der Waals surface area contributed by atoms with E-state index in [-0.39, 0.29) is 0 Å². The minimum Gasteiger partial charge on any atom is -0.383 e. The average Bonchev–Trinajstić information content (AvgIpc) is 2.73. The maximum Gasteiger partial charge on any atom is 0.117 e. The predicted octanol–water partition coefficient (Wildman–Crippen LogP) is 4.31. The summed E-state index contributed by atoms with van der Waals surface area (Å²) >= 11 is 12.3. The Kier molecular flexibility index (Phi) is 3.29. The van der Waals surface area contributed by atoms with Crippen molar-refractivity contribution in [2.75, 3.05) is 0 Å². The molecule has 2 aromatic heterocycles. The first-order valence-electron chi connectivity index (χ1n) is 3.84. The fourth-order valence-electron chi connectivity index (χ4n) is 1.14. The zero-order valence-electron chi connectivity index (χ0n) is 6.91. The number of aliphatic hydroxyl groups is 1. The van der Waals surface area contributed by atoms with Crippen LogP contribution in [0, 0.1) is 0 Å². The second kappa shape index (κ2) is 4.33. The summed E-state index contributed by atoms with van der Waals surface area (Å²) in [5.41, 5.74) is 0.778. The Balaban J connectivity index is 2.38. The molecule has 0 aromatic carbocycles. The van der Waals surface area contributed by atoms with Crippen molar-refractivity contribution in [1.82, 2.24) is 0 Å². The lowest BCUT2D eigenvalue weighted by molar-refractivity contribution is 0.224. The first-order valence-corrected chi connectivity index (χ1v) is 6.77. The highest BCUT2D eigenvalue weighted by atomic mass is 79.9. The second-order valence-electron chi connectivity index (χ2n) is 2.68. The third-order valence-electron chi connectivity index (χ3n) is 1.83. The minimum absolute atomic E-state index is 0.622. The molecule has 74 valence electrons. The van der Waals surface area contributed by atoms with Gasteiger partial charge in [-0.3, -0.25) is 0 Å². The molecule has 0 amide bonds. The highest BCUT2D eigenvalue weighted by Crippen LogP contribution is 2.37. The Hall–Kier alpha value is 0.130. The van der Waals surface area contributed by atoms with Gasteiger partial charge in [0.05, 0.1) is 9.21 Å². The maximum absolute atomic E-state index is 10.0. The van der Waals surface area contributed by atoms with Crippen LogP contribution >= 0.6 is 50.2 Å². The van der Waals surface area contributed by atoms with Crippen LogP contribution in [-0.2, 0) is 0 Å². The van der Waals surface area contributed by atoms with Crippen LogP contribution in [0.4, 0.5) is 0 Å². The molecule has 1 atom stereocenters. The molecule has 0 saturated heterocycles. The van der Waals surface area contributed by atoms with Gasteiger partial charge in [-0.05, 0) is 38.8 Å². The van der Waals surface area contributed by atoms with Crippen LogP contribution in [0.3, 0.4) is 0 Å². The summed E-state index contributed by atoms with van der Waals surface area (Å²) < 4.78 is 1.58. The Morgan fingerprint density at radius 1 is 1.29 bits per heavy atom. The van der Waals surface area contributed by atoms with Gasteiger partial charge in [-0.2, -0.15) is 0 Å². The summed E-state index contributed by atoms with van der Waals surface area (Å²) in [5.74, 6) is 0. The first kappa shape index (κ1) is 10.6. The number of hydrogen-bond donors (Lipinski definition) is 1. The molecule has 1 nitrogen and oxygen atoms in total. The Bertz CT molecular complexity index is 397. The van der Waals surface area contributed by atoms with Gasteiger partial charge in [-0.1, -0.05) is 11.6 Å². The Morgan fingerprint density at radius 3 is 2.50 bits per heavy atom. The molecule has 0 bridgehead atoms. The van der Waals surface area contributed by atoms with Gasteiger partial charge >= 0.3 is 0 Å². The van der Waals surface area contributed by atoms with E-state index >= 15 is 0 Å². The smallest absolute Gasteiger partial charge is 0.117 e. The largest absolute Gasteiger partial charge is 0.383 e. The first-order chi connectivity index (χ1) is 6.70. The van der Waals surface area contributed by atoms with Gasteiger partial charge < -0.3 is 5.11 Å². The predicted molar refractivity (Wildman–Crippen MR) is 65.4 cm³/mol. The molecule has 2 heterocycles. The topological polar surface area (TPSA) is 20.2 Å². The molecule has 5 heteroatoms. The van der Waals surface area contributed by atoms with Crippen LogP contribution in [0.1, 0.15) is 16.5 Å². The fourth-order valence-corrected chi connectivity index (χ4v) is 3.70. The van der Waals surface area contributed by atoms with E-state index in [1.165, 1.54) is 22.7 Å². The molecule has 2 aromatic rings. The number of thiophene rings is 2. The fraction of sp³-hybridized carbons (Fsp3) is 0.111. The molecule has 0 spiro atoms. The zero-order chi connectivity index (χ0) is 10.1. The van der Waals surface area contributed by atoms with Crippen molar-refractivity contribution in [3.8, 4) is 0 Å². The molecule has 0 aliphatic carbocycles. The summed E-state index contributed by atoms with van der Waals surface area (Å²) in [6.07, 6.45) is -0.622. The second-order valence-corrected chi connectivity index (χ2v) is 6.01. The Labute approximate surface area is 103 Å². The van der Waals surface area contributed by atoms with Gasteiger partial charge in [0.2, 0.25) is 0 Å². The molecular formula is C9H6BrClOS2. The van der Waals surface area contributed by atoms with Crippen molar-refractivity contribution in [2.45, 2.75) is 6.10 Å². The standard InChI is InChI=1S/C9H6BrClOS2/c10-6-2-4-13-8(6)7(12)5-1-3-14-9(5)11/h1-4,7,12H. The highest BCUT2D eigenvalue weighted by molar-refractivity contribution is 9.10. The van der Waals surface area contributed by atoms with E-state index in [4.69, 9.17) is 11.6 Å². The SMILES string of the molecule is OC(c1ccsc1Cl)c1sccc1Br. The summed E-state index contributed by atoms with van der Waals surface area (Å²) in [6, 6.07) is 3.77. The van der Waals surface area contributed by atoms with E-state index < -0.39 is 6.10 Å². The third-order valence-corrected chi connectivity index (χ3v) is 4.96. The van der Waals surface area contributed by atoms with Crippen LogP contribution < -0.4 is 0 Å². The summed E-state index contributed by atoms with van der Waals surface area (Å²) in [5, 5.41) is 13.8. The number of aliphatic hydroxyl groups excluding tert-OH is 1. The van der Waals surface area contributed by atoms with Crippen molar-refractivity contribution >= 4 is 50.2 Å². The lowest BCUT2D eigenvalue weighted by Crippen LogP contribution is -1.96. The zero-order valence-corrected chi connectivity index (χ0v) is 10.9. The van der Waals surface area contributed by atoms with E-state index in [1.54, 1.807) is 0 Å². The molecule has 0 radical (unpaired) electrons. The minimum atomic E-state index is -0.622. The van der Waals surface area contributed by atoms with Crippen LogP contribution in [0.25, 0.3) is 0 Å². The number of halogens is 2. The lowest BCUT2D eigenvalue weighted by Gasteiger charge is -2.07. The van der Waals surface area contributed by atoms with Crippen LogP contribution in [0.2, 0.25) is 4.34 Å². The van der Waals surface area contributed by atoms with E-state index in [1.807, 2.05) is 22.9 Å². The van der Waals surface area contributed by atoms with Crippen molar-refractivity contribution in [1.29, 1.82) is 0 Å². The van der Waals surface area contributed by atoms with Gasteiger partial charge in [0.25, 0.3) is 0 Å². The third kappa shape index (κ3) is 1.90. The molecule has 0 saturated carbocycles. The van der Waals surface area contributed by atoms with Crippen molar-refractivity contribution in [3.05, 3.63) is 42.1 Å². The van der Waals surface area contributed by atoms with E-state index in [0.29, 0.717) is 4.34 Å². The maximum atomic E-state index is 10.0. The molecule has 1 unspecified atom stereocenters. The highest BCUT2D eigenvalue weighted by Gasteiger charge is 2.18. The molecule has 0 aliphatic rings. The van der Waals surface area contributed by atoms with Gasteiger partial charge in [0.1, 0.15) is 6.10 Å². The molecule has 0 fully saturated rings. The number of hydrogen-bond acceptors (Lipinski definition) is 3. The van der Waals surface area contributed by atoms with E-state index in [0.717, 1.165) is 14.9 Å². The van der Waals surface area contributed by atoms with Crippen LogP contribution in [0.15, 0.2) is 27.4 Å². The van der Waals surface area contributed by atoms with Gasteiger partial charge in [-0.25, -0.2) is 0 Å². The number of rotatable bonds is 2. The molecular weight excluding hydrogens is 304 g/mol. The van der Waals surface area contributed by atoms with Crippen molar-refractivity contribution < 1.29 is 5.11 Å². The van der Waals surface area contributed by atoms with E-state index in [9.17, 15) is 5.11 Å². The van der Waals surface area contributed by atoms with Gasteiger partial charge in [0, 0.05) is 10.0 Å². The normalized spacial score (nSPS) is 13.1. The monoisotopic (exact) mass is 308 g/mol. The van der Waals surface area contributed by atoms with Crippen LogP contribution in [-0.4, -0.2) is 5.11 Å². The molecule has 2 rings (SSSR count). The summed E-state index contributed by atoms with van der Waals surface area (Å²) in [6.45, 7) is 0. The summed E-state index contributed by atoms with van der Waals surface area (Å²) in [4.78, 5) is 0.894. The van der Waals surface area contributed by atoms with Gasteiger partial charge in [0.15, 0.2) is 0 Å². The van der Waals surface area contributed by atoms with Gasteiger partial charge in [-0.15, -0.1) is 22.7 Å². The van der Waals surface area contributed by atoms with Crippen molar-refractivity contribution in [3.63, 3.8) is 0 Å². The Morgan fingerprint density at radius 2 is 2.00 bits per heavy atom. The molecule has 14 heavy (non-hydrogen) atoms. The van der Waals surface area contributed by atoms with E-state index in [2.05, 4.69) is 15.9 Å². The lowest BCUT2D eigenvalue weighted by atomic mass is 10.2. The summed E-state index contributed by atoms with van der Waals surface area (Å²) in [7, 11) is 0. The molecule has 1 N–H and O–H groups in total. The molecule has 0 aliphatic heterocycles. The quantitative estimate of drug-likeness (QED) is 0.876. The van der Waals surface area contributed by atoms with Crippen molar-refractivity contribution in [2.24, 2.45) is 0 Å².